The highest BCUT2D eigenvalue weighted by Gasteiger charge is 2.32. The second-order valence-electron chi connectivity index (χ2n) is 5.26. The van der Waals surface area contributed by atoms with Gasteiger partial charge < -0.3 is 9.64 Å². The van der Waals surface area contributed by atoms with Gasteiger partial charge in [0.05, 0.1) is 19.0 Å². The Morgan fingerprint density at radius 2 is 2.10 bits per heavy atom. The Hall–Kier alpha value is -0.560. The van der Waals surface area contributed by atoms with Gasteiger partial charge in [0.25, 0.3) is 0 Å². The van der Waals surface area contributed by atoms with Crippen LogP contribution >= 0.6 is 27.7 Å². The highest BCUT2D eigenvalue weighted by atomic mass is 79.9. The average Bonchev–Trinajstić information content (AvgIpc) is 2.87. The number of nitrogens with zero attached hydrogens (tertiary/aromatic N) is 2. The van der Waals surface area contributed by atoms with Gasteiger partial charge in [-0.05, 0) is 17.7 Å². The van der Waals surface area contributed by atoms with Gasteiger partial charge in [0.15, 0.2) is 0 Å². The lowest BCUT2D eigenvalue weighted by Crippen LogP contribution is -2.42. The van der Waals surface area contributed by atoms with E-state index in [1.54, 1.807) is 11.8 Å². The summed E-state index contributed by atoms with van der Waals surface area (Å²) in [5, 5.41) is 0.149. The summed E-state index contributed by atoms with van der Waals surface area (Å²) in [6, 6.07) is 8.26. The van der Waals surface area contributed by atoms with Crippen LogP contribution in [0.15, 0.2) is 28.7 Å². The fourth-order valence-corrected chi connectivity index (χ4v) is 4.33. The minimum Gasteiger partial charge on any atom is -0.379 e. The molecule has 1 amide bonds. The van der Waals surface area contributed by atoms with Crippen LogP contribution in [0.5, 0.6) is 0 Å². The molecular weight excluding hydrogens is 352 g/mol. The zero-order valence-corrected chi connectivity index (χ0v) is 14.2. The van der Waals surface area contributed by atoms with Crippen molar-refractivity contribution in [1.82, 2.24) is 9.80 Å². The standard InChI is InChI=1S/C15H19BrN2O2S/c16-13-3-1-2-12(10-13)15-18(14(19)11-21-15)5-4-17-6-8-20-9-7-17/h1-3,10,15H,4-9,11H2/t15-/m1/s1. The number of thioether (sulfide) groups is 1. The zero-order chi connectivity index (χ0) is 14.7. The predicted molar refractivity (Wildman–Crippen MR) is 88.3 cm³/mol. The van der Waals surface area contributed by atoms with Crippen LogP contribution in [0.1, 0.15) is 10.9 Å². The third-order valence-corrected chi connectivity index (χ3v) is 5.61. The van der Waals surface area contributed by atoms with Crippen LogP contribution < -0.4 is 0 Å². The van der Waals surface area contributed by atoms with Crippen molar-refractivity contribution in [2.45, 2.75) is 5.37 Å². The lowest BCUT2D eigenvalue weighted by atomic mass is 10.2. The molecule has 21 heavy (non-hydrogen) atoms. The number of morpholine rings is 1. The summed E-state index contributed by atoms with van der Waals surface area (Å²) in [5.74, 6) is 0.832. The molecule has 2 fully saturated rings. The van der Waals surface area contributed by atoms with Gasteiger partial charge in [-0.1, -0.05) is 28.1 Å². The lowest BCUT2D eigenvalue weighted by molar-refractivity contribution is -0.128. The van der Waals surface area contributed by atoms with Crippen molar-refractivity contribution in [2.75, 3.05) is 45.1 Å². The van der Waals surface area contributed by atoms with E-state index in [1.807, 2.05) is 17.0 Å². The molecule has 1 aromatic carbocycles. The molecule has 2 aliphatic rings. The van der Waals surface area contributed by atoms with E-state index in [2.05, 4.69) is 33.0 Å². The third-order valence-electron chi connectivity index (χ3n) is 3.86. The summed E-state index contributed by atoms with van der Waals surface area (Å²) in [7, 11) is 0. The second-order valence-corrected chi connectivity index (χ2v) is 7.24. The van der Waals surface area contributed by atoms with E-state index in [0.717, 1.165) is 43.9 Å². The molecule has 0 bridgehead atoms. The van der Waals surface area contributed by atoms with Crippen LogP contribution in [-0.2, 0) is 9.53 Å². The maximum absolute atomic E-state index is 12.2. The van der Waals surface area contributed by atoms with Gasteiger partial charge in [-0.3, -0.25) is 9.69 Å². The minimum atomic E-state index is 0.149. The molecule has 3 rings (SSSR count). The molecule has 1 atom stereocenters. The van der Waals surface area contributed by atoms with Crippen molar-refractivity contribution in [3.8, 4) is 0 Å². The van der Waals surface area contributed by atoms with Crippen LogP contribution in [0.4, 0.5) is 0 Å². The first kappa shape index (κ1) is 15.3. The smallest absolute Gasteiger partial charge is 0.233 e. The number of rotatable bonds is 4. The van der Waals surface area contributed by atoms with E-state index >= 15 is 0 Å². The van der Waals surface area contributed by atoms with Crippen molar-refractivity contribution in [1.29, 1.82) is 0 Å². The first-order valence-corrected chi connectivity index (χ1v) is 9.05. The number of hydrogen-bond donors (Lipinski definition) is 0. The summed E-state index contributed by atoms with van der Waals surface area (Å²) >= 11 is 5.23. The largest absolute Gasteiger partial charge is 0.379 e. The van der Waals surface area contributed by atoms with E-state index in [0.29, 0.717) is 5.75 Å². The van der Waals surface area contributed by atoms with Gasteiger partial charge in [-0.2, -0.15) is 0 Å². The van der Waals surface area contributed by atoms with Gasteiger partial charge in [0.2, 0.25) is 5.91 Å². The number of halogens is 1. The first-order chi connectivity index (χ1) is 10.2. The topological polar surface area (TPSA) is 32.8 Å². The maximum atomic E-state index is 12.2. The van der Waals surface area contributed by atoms with E-state index in [-0.39, 0.29) is 11.3 Å². The van der Waals surface area contributed by atoms with Crippen molar-refractivity contribution >= 4 is 33.6 Å². The number of carbonyl (C=O) groups excluding carboxylic acids is 1. The summed E-state index contributed by atoms with van der Waals surface area (Å²) in [6.45, 7) is 5.27. The molecule has 6 heteroatoms. The Kier molecular flexibility index (Phi) is 5.21. The Labute approximate surface area is 137 Å². The second kappa shape index (κ2) is 7.13. The van der Waals surface area contributed by atoms with Gasteiger partial charge in [0.1, 0.15) is 5.37 Å². The highest BCUT2D eigenvalue weighted by molar-refractivity contribution is 9.10. The SMILES string of the molecule is O=C1CS[C@H](c2cccc(Br)c2)N1CCN1CCOCC1. The van der Waals surface area contributed by atoms with Crippen molar-refractivity contribution in [2.24, 2.45) is 0 Å². The van der Waals surface area contributed by atoms with E-state index in [4.69, 9.17) is 4.74 Å². The molecule has 1 aromatic rings. The van der Waals surface area contributed by atoms with Crippen LogP contribution in [-0.4, -0.2) is 60.9 Å². The van der Waals surface area contributed by atoms with Gasteiger partial charge in [0, 0.05) is 30.7 Å². The first-order valence-electron chi connectivity index (χ1n) is 7.21. The summed E-state index contributed by atoms with van der Waals surface area (Å²) < 4.78 is 6.43. The van der Waals surface area contributed by atoms with Gasteiger partial charge in [-0.15, -0.1) is 11.8 Å². The molecule has 0 saturated carbocycles. The monoisotopic (exact) mass is 370 g/mol. The van der Waals surface area contributed by atoms with E-state index < -0.39 is 0 Å². The molecule has 0 spiro atoms. The van der Waals surface area contributed by atoms with Gasteiger partial charge in [-0.25, -0.2) is 0 Å². The van der Waals surface area contributed by atoms with Crippen LogP contribution in [0.25, 0.3) is 0 Å². The molecule has 0 unspecified atom stereocenters. The number of ether oxygens (including phenoxy) is 1. The quantitative estimate of drug-likeness (QED) is 0.814. The molecule has 2 heterocycles. The highest BCUT2D eigenvalue weighted by Crippen LogP contribution is 2.39. The number of hydrogen-bond acceptors (Lipinski definition) is 4. The summed E-state index contributed by atoms with van der Waals surface area (Å²) in [6.07, 6.45) is 0. The summed E-state index contributed by atoms with van der Waals surface area (Å²) in [5.41, 5.74) is 1.20. The Morgan fingerprint density at radius 1 is 1.29 bits per heavy atom. The Balaban J connectivity index is 1.65. The molecule has 0 aromatic heterocycles. The number of amides is 1. The molecule has 2 aliphatic heterocycles. The lowest BCUT2D eigenvalue weighted by Gasteiger charge is -2.30. The van der Waals surface area contributed by atoms with Crippen molar-refractivity contribution < 1.29 is 9.53 Å². The fourth-order valence-electron chi connectivity index (χ4n) is 2.71. The predicted octanol–water partition coefficient (Wildman–Crippen LogP) is 2.36. The normalized spacial score (nSPS) is 23.8. The zero-order valence-electron chi connectivity index (χ0n) is 11.8. The van der Waals surface area contributed by atoms with Crippen LogP contribution in [0, 0.1) is 0 Å². The molecule has 0 radical (unpaired) electrons. The molecule has 0 aliphatic carbocycles. The minimum absolute atomic E-state index is 0.149. The van der Waals surface area contributed by atoms with Crippen molar-refractivity contribution in [3.05, 3.63) is 34.3 Å². The van der Waals surface area contributed by atoms with Gasteiger partial charge >= 0.3 is 0 Å². The van der Waals surface area contributed by atoms with Crippen molar-refractivity contribution in [3.63, 3.8) is 0 Å². The fraction of sp³-hybridized carbons (Fsp3) is 0.533. The Morgan fingerprint density at radius 3 is 2.86 bits per heavy atom. The van der Waals surface area contributed by atoms with E-state index in [9.17, 15) is 4.79 Å². The molecule has 0 N–H and O–H groups in total. The molecule has 2 saturated heterocycles. The molecular formula is C15H19BrN2O2S. The maximum Gasteiger partial charge on any atom is 0.233 e. The number of benzene rings is 1. The van der Waals surface area contributed by atoms with Crippen LogP contribution in [0.2, 0.25) is 0 Å². The van der Waals surface area contributed by atoms with Crippen LogP contribution in [0.3, 0.4) is 0 Å². The molecule has 4 nitrogen and oxygen atoms in total. The summed E-state index contributed by atoms with van der Waals surface area (Å²) in [4.78, 5) is 16.6. The third kappa shape index (κ3) is 3.80. The average molecular weight is 371 g/mol. The van der Waals surface area contributed by atoms with E-state index in [1.165, 1.54) is 5.56 Å². The number of carbonyl (C=O) groups is 1. The Bertz CT molecular complexity index is 508. The molecule has 114 valence electrons.